The van der Waals surface area contributed by atoms with Crippen LogP contribution in [0.1, 0.15) is 45.4 Å². The molecule has 166 valence electrons. The van der Waals surface area contributed by atoms with Gasteiger partial charge in [-0.25, -0.2) is 0 Å². The summed E-state index contributed by atoms with van der Waals surface area (Å²) >= 11 is 0. The Balaban J connectivity index is 1.70. The van der Waals surface area contributed by atoms with E-state index in [9.17, 15) is 9.59 Å². The Bertz CT molecular complexity index is 817. The van der Waals surface area contributed by atoms with Gasteiger partial charge in [0.2, 0.25) is 0 Å². The van der Waals surface area contributed by atoms with Gasteiger partial charge in [0, 0.05) is 11.3 Å². The highest BCUT2D eigenvalue weighted by molar-refractivity contribution is 6.69. The van der Waals surface area contributed by atoms with Crippen LogP contribution in [0.25, 0.3) is 0 Å². The molecule has 0 aromatic rings. The molecule has 5 fully saturated rings. The predicted molar refractivity (Wildman–Crippen MR) is 115 cm³/mol. The standard InChI is InChI=1S/C24H36O5Si/c1-14-11-24-12-15(14)7-8-16(24)23-10-9-17(29-30(4,5)6)22(2,21(26)28-13-23)19(23)18(24)20(25)27-3/h15-19H,1,7-13H2,2-6H3/t15-,16?,17+,18-,19?,22?,23-,24+/m1/s1. The van der Waals surface area contributed by atoms with E-state index in [4.69, 9.17) is 13.9 Å². The van der Waals surface area contributed by atoms with Gasteiger partial charge in [-0.2, -0.15) is 0 Å². The zero-order valence-electron chi connectivity index (χ0n) is 19.1. The van der Waals surface area contributed by atoms with Crippen molar-refractivity contribution in [3.05, 3.63) is 12.2 Å². The number of fused-ring (bicyclic) bond motifs is 1. The molecule has 5 aliphatic rings. The fraction of sp³-hybridized carbons (Fsp3) is 0.833. The Morgan fingerprint density at radius 2 is 1.93 bits per heavy atom. The van der Waals surface area contributed by atoms with Crippen LogP contribution in [0.4, 0.5) is 0 Å². The van der Waals surface area contributed by atoms with Crippen LogP contribution in [-0.4, -0.2) is 40.1 Å². The number of methoxy groups -OCH3 is 1. The molecule has 0 aromatic heterocycles. The summed E-state index contributed by atoms with van der Waals surface area (Å²) in [6, 6.07) is 0. The van der Waals surface area contributed by atoms with Crippen LogP contribution in [0.15, 0.2) is 12.2 Å². The number of hydrogen-bond donors (Lipinski definition) is 0. The predicted octanol–water partition coefficient (Wildman–Crippen LogP) is 4.33. The van der Waals surface area contributed by atoms with Gasteiger partial charge in [-0.3, -0.25) is 9.59 Å². The average Bonchev–Trinajstić information content (AvgIpc) is 3.08. The van der Waals surface area contributed by atoms with Crippen LogP contribution in [0.3, 0.4) is 0 Å². The van der Waals surface area contributed by atoms with E-state index in [1.54, 1.807) is 0 Å². The molecular formula is C24H36O5Si. The van der Waals surface area contributed by atoms with Gasteiger partial charge in [0.25, 0.3) is 0 Å². The van der Waals surface area contributed by atoms with Gasteiger partial charge in [-0.1, -0.05) is 12.2 Å². The second kappa shape index (κ2) is 6.22. The summed E-state index contributed by atoms with van der Waals surface area (Å²) in [5, 5.41) is 0. The average molecular weight is 433 g/mol. The molecule has 8 atom stereocenters. The number of ether oxygens (including phenoxy) is 2. The molecule has 1 aliphatic heterocycles. The van der Waals surface area contributed by atoms with Crippen molar-refractivity contribution in [3.63, 3.8) is 0 Å². The smallest absolute Gasteiger partial charge is 0.314 e. The minimum Gasteiger partial charge on any atom is -0.469 e. The molecule has 4 saturated carbocycles. The second-order valence-electron chi connectivity index (χ2n) is 11.9. The van der Waals surface area contributed by atoms with Gasteiger partial charge in [0.05, 0.1) is 31.2 Å². The Morgan fingerprint density at radius 3 is 2.60 bits per heavy atom. The first-order valence-corrected chi connectivity index (χ1v) is 15.0. The topological polar surface area (TPSA) is 61.8 Å². The lowest BCUT2D eigenvalue weighted by molar-refractivity contribution is -0.218. The largest absolute Gasteiger partial charge is 0.469 e. The Morgan fingerprint density at radius 1 is 1.20 bits per heavy atom. The molecular weight excluding hydrogens is 396 g/mol. The molecule has 1 spiro atoms. The fourth-order valence-corrected chi connectivity index (χ4v) is 10.0. The van der Waals surface area contributed by atoms with E-state index in [2.05, 4.69) is 26.2 Å². The van der Waals surface area contributed by atoms with Crippen LogP contribution >= 0.6 is 0 Å². The molecule has 3 unspecified atom stereocenters. The molecule has 6 heteroatoms. The quantitative estimate of drug-likeness (QED) is 0.377. The fourth-order valence-electron chi connectivity index (χ4n) is 8.82. The lowest BCUT2D eigenvalue weighted by Gasteiger charge is -2.59. The van der Waals surface area contributed by atoms with Crippen molar-refractivity contribution in [2.45, 2.75) is 71.2 Å². The minimum absolute atomic E-state index is 0.0801. The normalized spacial score (nSPS) is 49.3. The molecule has 30 heavy (non-hydrogen) atoms. The van der Waals surface area contributed by atoms with E-state index >= 15 is 0 Å². The Kier molecular flexibility index (Phi) is 4.30. The third kappa shape index (κ3) is 2.38. The Hall–Kier alpha value is -1.14. The number of esters is 2. The first-order chi connectivity index (χ1) is 14.0. The molecule has 4 aliphatic carbocycles. The number of hydrogen-bond acceptors (Lipinski definition) is 5. The second-order valence-corrected chi connectivity index (χ2v) is 16.4. The summed E-state index contributed by atoms with van der Waals surface area (Å²) in [6.45, 7) is 13.4. The SMILES string of the molecule is C=C1C[C@]23C[C@H]1CCC2[C@@]12CC[C@H](O[Si](C)(C)C)C(C)(C(=O)OC1)C2[C@@H]3C(=O)OC. The molecule has 5 rings (SSSR count). The van der Waals surface area contributed by atoms with E-state index in [1.165, 1.54) is 12.7 Å². The van der Waals surface area contributed by atoms with Gasteiger partial charge in [-0.05, 0) is 82.3 Å². The van der Waals surface area contributed by atoms with Crippen LogP contribution < -0.4 is 0 Å². The minimum atomic E-state index is -1.89. The summed E-state index contributed by atoms with van der Waals surface area (Å²) in [4.78, 5) is 26.9. The van der Waals surface area contributed by atoms with Gasteiger partial charge in [-0.15, -0.1) is 0 Å². The van der Waals surface area contributed by atoms with E-state index < -0.39 is 13.7 Å². The summed E-state index contributed by atoms with van der Waals surface area (Å²) in [6.07, 6.45) is 5.79. The molecule has 1 heterocycles. The molecule has 0 aromatic carbocycles. The lowest BCUT2D eigenvalue weighted by Crippen LogP contribution is -2.65. The van der Waals surface area contributed by atoms with Crippen LogP contribution in [-0.2, 0) is 23.5 Å². The molecule has 0 amide bonds. The highest BCUT2D eigenvalue weighted by Crippen LogP contribution is 2.79. The van der Waals surface area contributed by atoms with Crippen molar-refractivity contribution in [1.29, 1.82) is 0 Å². The molecule has 4 bridgehead atoms. The first kappa shape index (κ1) is 20.7. The van der Waals surface area contributed by atoms with Gasteiger partial charge in [0.1, 0.15) is 0 Å². The van der Waals surface area contributed by atoms with Gasteiger partial charge in [0.15, 0.2) is 8.32 Å². The maximum absolute atomic E-state index is 13.4. The summed E-state index contributed by atoms with van der Waals surface area (Å²) < 4.78 is 18.0. The van der Waals surface area contributed by atoms with Crippen LogP contribution in [0, 0.1) is 39.9 Å². The third-order valence-corrected chi connectivity index (χ3v) is 10.6. The third-order valence-electron chi connectivity index (χ3n) is 9.57. The zero-order chi connectivity index (χ0) is 21.7. The van der Waals surface area contributed by atoms with Crippen LogP contribution in [0.5, 0.6) is 0 Å². The van der Waals surface area contributed by atoms with Crippen molar-refractivity contribution in [3.8, 4) is 0 Å². The van der Waals surface area contributed by atoms with Crippen molar-refractivity contribution in [1.82, 2.24) is 0 Å². The maximum atomic E-state index is 13.4. The van der Waals surface area contributed by atoms with Gasteiger partial charge < -0.3 is 13.9 Å². The van der Waals surface area contributed by atoms with E-state index in [0.717, 1.165) is 38.5 Å². The molecule has 0 radical (unpaired) electrons. The maximum Gasteiger partial charge on any atom is 0.314 e. The zero-order valence-corrected chi connectivity index (χ0v) is 20.1. The highest BCUT2D eigenvalue weighted by Gasteiger charge is 2.80. The first-order valence-electron chi connectivity index (χ1n) is 11.6. The lowest BCUT2D eigenvalue weighted by atomic mass is 9.50. The molecule has 5 nitrogen and oxygen atoms in total. The Labute approximate surface area is 181 Å². The highest BCUT2D eigenvalue weighted by atomic mass is 28.4. The summed E-state index contributed by atoms with van der Waals surface area (Å²) in [7, 11) is -0.389. The summed E-state index contributed by atoms with van der Waals surface area (Å²) in [5.74, 6) is 0.210. The molecule has 1 saturated heterocycles. The molecule has 0 N–H and O–H groups in total. The van der Waals surface area contributed by atoms with Gasteiger partial charge >= 0.3 is 11.9 Å². The van der Waals surface area contributed by atoms with Crippen molar-refractivity contribution >= 4 is 20.3 Å². The summed E-state index contributed by atoms with van der Waals surface area (Å²) in [5.41, 5.74) is 0.210. The van der Waals surface area contributed by atoms with Crippen molar-refractivity contribution in [2.75, 3.05) is 13.7 Å². The monoisotopic (exact) mass is 432 g/mol. The number of cyclic esters (lactones) is 1. The van der Waals surface area contributed by atoms with Crippen LogP contribution in [0.2, 0.25) is 19.6 Å². The van der Waals surface area contributed by atoms with Crippen molar-refractivity contribution < 1.29 is 23.5 Å². The number of carbonyl (C=O) groups excluding carboxylic acids is 2. The number of rotatable bonds is 3. The van der Waals surface area contributed by atoms with E-state index in [-0.39, 0.29) is 40.7 Å². The number of carbonyl (C=O) groups is 2. The van der Waals surface area contributed by atoms with E-state index in [0.29, 0.717) is 18.4 Å². The van der Waals surface area contributed by atoms with E-state index in [1.807, 2.05) is 6.92 Å². The van der Waals surface area contributed by atoms with Crippen molar-refractivity contribution in [2.24, 2.45) is 39.9 Å². The number of allylic oxidation sites excluding steroid dienone is 1.